The molecule has 1 aromatic carbocycles. The minimum Gasteiger partial charge on any atom is -0.491 e. The summed E-state index contributed by atoms with van der Waals surface area (Å²) in [5.41, 5.74) is 0.158. The zero-order valence-corrected chi connectivity index (χ0v) is 13.1. The van der Waals surface area contributed by atoms with E-state index in [-0.39, 0.29) is 37.1 Å². The minimum absolute atomic E-state index is 0.0801. The Kier molecular flexibility index (Phi) is 6.06. The van der Waals surface area contributed by atoms with Crippen LogP contribution in [0.2, 0.25) is 0 Å². The van der Waals surface area contributed by atoms with Gasteiger partial charge in [0.25, 0.3) is 5.69 Å². The number of esters is 1. The molecule has 0 unspecified atom stereocenters. The fraction of sp³-hybridized carbons (Fsp3) is 0.312. The minimum atomic E-state index is -1.06. The van der Waals surface area contributed by atoms with E-state index in [2.05, 4.69) is 17.1 Å². The van der Waals surface area contributed by atoms with Crippen LogP contribution in [0.25, 0.3) is 10.9 Å². The third kappa shape index (κ3) is 5.04. The Labute approximate surface area is 142 Å². The molecule has 0 aliphatic heterocycles. The van der Waals surface area contributed by atoms with Crippen LogP contribution in [0.3, 0.4) is 0 Å². The van der Waals surface area contributed by atoms with Crippen LogP contribution in [-0.2, 0) is 14.3 Å². The Morgan fingerprint density at radius 3 is 2.80 bits per heavy atom. The van der Waals surface area contributed by atoms with Crippen molar-refractivity contribution < 1.29 is 29.1 Å². The number of rotatable bonds is 9. The van der Waals surface area contributed by atoms with Crippen LogP contribution in [0, 0.1) is 22.2 Å². The van der Waals surface area contributed by atoms with Gasteiger partial charge in [0.05, 0.1) is 37.2 Å². The SMILES string of the molecule is O=C(O)CCC(=O)OCCCOc1ccc([N+](=O)[O-])c2c#ccnc12. The van der Waals surface area contributed by atoms with Crippen LogP contribution in [0.15, 0.2) is 18.3 Å². The number of carboxylic acid groups (broad SMARTS) is 1. The summed E-state index contributed by atoms with van der Waals surface area (Å²) >= 11 is 0. The lowest BCUT2D eigenvalue weighted by Gasteiger charge is -2.08. The van der Waals surface area contributed by atoms with Crippen molar-refractivity contribution in [3.05, 3.63) is 40.6 Å². The summed E-state index contributed by atoms with van der Waals surface area (Å²) in [6.07, 6.45) is 1.26. The molecule has 1 N–H and O–H groups in total. The number of carbonyl (C=O) groups is 2. The van der Waals surface area contributed by atoms with E-state index in [0.29, 0.717) is 17.7 Å². The first kappa shape index (κ1) is 17.9. The van der Waals surface area contributed by atoms with E-state index < -0.39 is 16.9 Å². The van der Waals surface area contributed by atoms with Crippen LogP contribution < -0.4 is 4.74 Å². The predicted molar refractivity (Wildman–Crippen MR) is 84.0 cm³/mol. The first-order valence-corrected chi connectivity index (χ1v) is 7.34. The maximum atomic E-state index is 11.2. The number of benzene rings is 1. The average molecular weight is 346 g/mol. The maximum absolute atomic E-state index is 11.2. The van der Waals surface area contributed by atoms with Crippen molar-refractivity contribution in [3.63, 3.8) is 0 Å². The van der Waals surface area contributed by atoms with E-state index in [1.165, 1.54) is 18.3 Å². The number of nitro benzene ring substituents is 1. The quantitative estimate of drug-likeness (QED) is 0.315. The summed E-state index contributed by atoms with van der Waals surface area (Å²) < 4.78 is 10.4. The summed E-state index contributed by atoms with van der Waals surface area (Å²) in [5.74, 6) is -1.30. The van der Waals surface area contributed by atoms with Gasteiger partial charge in [-0.1, -0.05) is 6.07 Å². The van der Waals surface area contributed by atoms with Gasteiger partial charge in [-0.05, 0) is 12.1 Å². The highest BCUT2D eigenvalue weighted by atomic mass is 16.6. The molecule has 0 atom stereocenters. The van der Waals surface area contributed by atoms with Gasteiger partial charge in [-0.2, -0.15) is 0 Å². The van der Waals surface area contributed by atoms with Crippen LogP contribution in [0.1, 0.15) is 19.3 Å². The van der Waals surface area contributed by atoms with Gasteiger partial charge in [0.2, 0.25) is 0 Å². The maximum Gasteiger partial charge on any atom is 0.306 e. The van der Waals surface area contributed by atoms with Gasteiger partial charge in [0.15, 0.2) is 0 Å². The molecular formula is C16H14N2O7. The molecule has 9 nitrogen and oxygen atoms in total. The Bertz CT molecular complexity index is 791. The topological polar surface area (TPSA) is 129 Å². The number of carboxylic acids is 1. The van der Waals surface area contributed by atoms with E-state index in [4.69, 9.17) is 14.6 Å². The number of non-ortho nitro benzene ring substituents is 1. The molecule has 0 saturated heterocycles. The molecule has 1 heterocycles. The lowest BCUT2D eigenvalue weighted by molar-refractivity contribution is -0.383. The molecule has 1 aromatic heterocycles. The Morgan fingerprint density at radius 1 is 1.28 bits per heavy atom. The fourth-order valence-electron chi connectivity index (χ4n) is 1.99. The lowest BCUT2D eigenvalue weighted by atomic mass is 10.2. The lowest BCUT2D eigenvalue weighted by Crippen LogP contribution is -2.10. The second kappa shape index (κ2) is 8.44. The molecule has 9 heteroatoms. The second-order valence-electron chi connectivity index (χ2n) is 4.91. The molecule has 0 fully saturated rings. The van der Waals surface area contributed by atoms with E-state index in [1.807, 2.05) is 0 Å². The standard InChI is InChI=1S/C16H14N2O7/c19-14(20)6-7-15(21)25-10-2-9-24-13-5-4-12(18(22)23)11-3-1-8-17-16(11)13/h4-5,8H,2,6-7,9-10H2,(H,19,20). The summed E-state index contributed by atoms with van der Waals surface area (Å²) in [7, 11) is 0. The molecule has 2 aromatic rings. The number of hydrogen-bond acceptors (Lipinski definition) is 7. The number of aliphatic carboxylic acids is 1. The molecule has 130 valence electrons. The number of ether oxygens (including phenoxy) is 2. The largest absolute Gasteiger partial charge is 0.491 e. The van der Waals surface area contributed by atoms with Gasteiger partial charge in [-0.15, -0.1) is 0 Å². The number of nitro groups is 1. The monoisotopic (exact) mass is 346 g/mol. The normalized spacial score (nSPS) is 10.1. The number of carbonyl (C=O) groups excluding carboxylic acids is 1. The fourth-order valence-corrected chi connectivity index (χ4v) is 1.99. The van der Waals surface area contributed by atoms with Gasteiger partial charge in [0, 0.05) is 12.5 Å². The summed E-state index contributed by atoms with van der Waals surface area (Å²) in [6.45, 7) is 0.274. The number of fused-ring (bicyclic) bond motifs is 1. The van der Waals surface area contributed by atoms with Crippen molar-refractivity contribution in [3.8, 4) is 5.75 Å². The van der Waals surface area contributed by atoms with Crippen LogP contribution in [-0.4, -0.2) is 40.2 Å². The first-order chi connectivity index (χ1) is 12.0. The molecule has 2 rings (SSSR count). The third-order valence-electron chi connectivity index (χ3n) is 3.12. The highest BCUT2D eigenvalue weighted by molar-refractivity contribution is 5.90. The van der Waals surface area contributed by atoms with Crippen molar-refractivity contribution in [1.29, 1.82) is 0 Å². The number of nitrogens with zero attached hydrogens (tertiary/aromatic N) is 2. The molecule has 0 radical (unpaired) electrons. The molecule has 0 spiro atoms. The van der Waals surface area contributed by atoms with Gasteiger partial charge in [0.1, 0.15) is 16.7 Å². The highest BCUT2D eigenvalue weighted by Crippen LogP contribution is 2.29. The number of hydrogen-bond donors (Lipinski definition) is 1. The smallest absolute Gasteiger partial charge is 0.306 e. The predicted octanol–water partition coefficient (Wildman–Crippen LogP) is 1.92. The van der Waals surface area contributed by atoms with Gasteiger partial charge < -0.3 is 14.6 Å². The Morgan fingerprint density at radius 2 is 2.08 bits per heavy atom. The van der Waals surface area contributed by atoms with Gasteiger partial charge in [-0.3, -0.25) is 19.7 Å². The zero-order valence-electron chi connectivity index (χ0n) is 13.1. The molecule has 0 saturated carbocycles. The summed E-state index contributed by atoms with van der Waals surface area (Å²) in [5, 5.41) is 19.7. The third-order valence-corrected chi connectivity index (χ3v) is 3.12. The van der Waals surface area contributed by atoms with E-state index in [0.717, 1.165) is 0 Å². The summed E-state index contributed by atoms with van der Waals surface area (Å²) in [4.78, 5) is 36.1. The molecule has 0 aliphatic rings. The van der Waals surface area contributed by atoms with E-state index >= 15 is 0 Å². The highest BCUT2D eigenvalue weighted by Gasteiger charge is 2.16. The van der Waals surface area contributed by atoms with Crippen LogP contribution >= 0.6 is 0 Å². The van der Waals surface area contributed by atoms with Crippen molar-refractivity contribution in [2.75, 3.05) is 13.2 Å². The van der Waals surface area contributed by atoms with Crippen molar-refractivity contribution in [1.82, 2.24) is 4.98 Å². The summed E-state index contributed by atoms with van der Waals surface area (Å²) in [6, 6.07) is 7.97. The van der Waals surface area contributed by atoms with Gasteiger partial charge >= 0.3 is 11.9 Å². The van der Waals surface area contributed by atoms with Crippen LogP contribution in [0.5, 0.6) is 5.75 Å². The average Bonchev–Trinajstić information content (AvgIpc) is 2.59. The zero-order chi connectivity index (χ0) is 18.2. The van der Waals surface area contributed by atoms with Crippen molar-refractivity contribution in [2.24, 2.45) is 0 Å². The second-order valence-corrected chi connectivity index (χ2v) is 4.91. The van der Waals surface area contributed by atoms with Crippen LogP contribution in [0.4, 0.5) is 5.69 Å². The first-order valence-electron chi connectivity index (χ1n) is 7.34. The Balaban J connectivity index is 1.88. The van der Waals surface area contributed by atoms with Crippen molar-refractivity contribution >= 4 is 28.5 Å². The van der Waals surface area contributed by atoms with Crippen molar-refractivity contribution in [2.45, 2.75) is 19.3 Å². The number of aromatic nitrogens is 1. The molecular weight excluding hydrogens is 332 g/mol. The molecule has 0 aliphatic carbocycles. The molecule has 0 amide bonds. The molecule has 25 heavy (non-hydrogen) atoms. The Hall–Kier alpha value is -3.41. The van der Waals surface area contributed by atoms with E-state index in [1.54, 1.807) is 0 Å². The molecule has 0 bridgehead atoms. The van der Waals surface area contributed by atoms with Gasteiger partial charge in [-0.25, -0.2) is 4.98 Å². The van der Waals surface area contributed by atoms with E-state index in [9.17, 15) is 19.7 Å².